The van der Waals surface area contributed by atoms with Gasteiger partial charge < -0.3 is 14.2 Å². The zero-order valence-corrected chi connectivity index (χ0v) is 9.95. The molecule has 0 aliphatic heterocycles. The summed E-state index contributed by atoms with van der Waals surface area (Å²) in [6.07, 6.45) is 0. The second-order valence-corrected chi connectivity index (χ2v) is 4.08. The van der Waals surface area contributed by atoms with Crippen LogP contribution in [0.4, 0.5) is 5.69 Å². The zero-order chi connectivity index (χ0) is 13.1. The molecule has 0 aliphatic rings. The fourth-order valence-corrected chi connectivity index (χ4v) is 1.48. The summed E-state index contributed by atoms with van der Waals surface area (Å²) >= 11 is 0. The van der Waals surface area contributed by atoms with Crippen LogP contribution >= 0.6 is 0 Å². The van der Waals surface area contributed by atoms with Gasteiger partial charge in [-0.1, -0.05) is 0 Å². The molecule has 0 unspecified atom stereocenters. The first-order chi connectivity index (χ1) is 7.81. The zero-order valence-electron chi connectivity index (χ0n) is 9.13. The van der Waals surface area contributed by atoms with Crippen molar-refractivity contribution in [2.24, 2.45) is 0 Å². The van der Waals surface area contributed by atoms with Crippen molar-refractivity contribution < 1.29 is 26.7 Å². The molecule has 94 valence electrons. The minimum Gasteiger partial charge on any atom is -0.494 e. The molecule has 1 aromatic carbocycles. The molecule has 1 amide bonds. The highest BCUT2D eigenvalue weighted by Crippen LogP contribution is 2.29. The highest BCUT2D eigenvalue weighted by molar-refractivity contribution is 7.81. The van der Waals surface area contributed by atoms with Gasteiger partial charge in [0.05, 0.1) is 12.8 Å². The molecule has 0 bridgehead atoms. The van der Waals surface area contributed by atoms with Crippen molar-refractivity contribution in [2.45, 2.75) is 6.92 Å². The van der Waals surface area contributed by atoms with Crippen LogP contribution in [0.25, 0.3) is 0 Å². The molecule has 0 heterocycles. The molecule has 0 saturated heterocycles. The lowest BCUT2D eigenvalue weighted by Crippen LogP contribution is -2.09. The Morgan fingerprint density at radius 1 is 1.41 bits per heavy atom. The number of amides is 1. The largest absolute Gasteiger partial charge is 0.494 e. The summed E-state index contributed by atoms with van der Waals surface area (Å²) in [5, 5.41) is 2.48. The third kappa shape index (κ3) is 4.29. The van der Waals surface area contributed by atoms with Crippen LogP contribution in [-0.4, -0.2) is 26.0 Å². The van der Waals surface area contributed by atoms with Crippen molar-refractivity contribution in [3.8, 4) is 11.5 Å². The molecule has 2 N–H and O–H groups in total. The number of hydrogen-bond donors (Lipinski definition) is 2. The first kappa shape index (κ1) is 13.3. The van der Waals surface area contributed by atoms with Gasteiger partial charge in [0.15, 0.2) is 0 Å². The first-order valence-electron chi connectivity index (χ1n) is 4.44. The maximum Gasteiger partial charge on any atom is 0.446 e. The molecule has 8 heteroatoms. The molecule has 0 aromatic heterocycles. The minimum atomic E-state index is -4.58. The van der Waals surface area contributed by atoms with Gasteiger partial charge in [-0.3, -0.25) is 9.35 Å². The Morgan fingerprint density at radius 2 is 2.06 bits per heavy atom. The Balaban J connectivity index is 3.04. The van der Waals surface area contributed by atoms with Gasteiger partial charge in [0.25, 0.3) is 0 Å². The molecule has 0 spiro atoms. The molecule has 1 rings (SSSR count). The lowest BCUT2D eigenvalue weighted by atomic mass is 10.2. The summed E-state index contributed by atoms with van der Waals surface area (Å²) in [6.45, 7) is 1.32. The maximum absolute atomic E-state index is 10.9. The predicted octanol–water partition coefficient (Wildman–Crippen LogP) is 0.835. The van der Waals surface area contributed by atoms with Gasteiger partial charge >= 0.3 is 10.4 Å². The van der Waals surface area contributed by atoms with Crippen molar-refractivity contribution in [3.05, 3.63) is 18.2 Å². The topological polar surface area (TPSA) is 102 Å². The van der Waals surface area contributed by atoms with E-state index in [0.717, 1.165) is 0 Å². The van der Waals surface area contributed by atoms with Gasteiger partial charge in [-0.25, -0.2) is 0 Å². The highest BCUT2D eigenvalue weighted by atomic mass is 32.3. The van der Waals surface area contributed by atoms with Crippen molar-refractivity contribution in [3.63, 3.8) is 0 Å². The highest BCUT2D eigenvalue weighted by Gasteiger charge is 2.11. The molecule has 0 radical (unpaired) electrons. The van der Waals surface area contributed by atoms with Crippen molar-refractivity contribution in [1.82, 2.24) is 0 Å². The smallest absolute Gasteiger partial charge is 0.446 e. The molecule has 0 aliphatic carbocycles. The SMILES string of the molecule is COc1cc(OS(=O)(=O)O)ccc1NC(C)=O. The normalized spacial score (nSPS) is 10.8. The molecule has 17 heavy (non-hydrogen) atoms. The van der Waals surface area contributed by atoms with E-state index in [2.05, 4.69) is 9.50 Å². The van der Waals surface area contributed by atoms with Gasteiger partial charge in [0, 0.05) is 13.0 Å². The standard InChI is InChI=1S/C9H11NO6S/c1-6(11)10-8-4-3-7(5-9(8)15-2)16-17(12,13)14/h3-5H,1-2H3,(H,10,11)(H,12,13,14). The van der Waals surface area contributed by atoms with Crippen LogP contribution in [0.2, 0.25) is 0 Å². The van der Waals surface area contributed by atoms with E-state index in [1.165, 1.54) is 32.2 Å². The second kappa shape index (κ2) is 5.02. The van der Waals surface area contributed by atoms with E-state index in [1.54, 1.807) is 0 Å². The summed E-state index contributed by atoms with van der Waals surface area (Å²) < 4.78 is 38.6. The van der Waals surface area contributed by atoms with Gasteiger partial charge in [-0.05, 0) is 12.1 Å². The van der Waals surface area contributed by atoms with Crippen LogP contribution in [0, 0.1) is 0 Å². The number of methoxy groups -OCH3 is 1. The van der Waals surface area contributed by atoms with E-state index < -0.39 is 10.4 Å². The Morgan fingerprint density at radius 3 is 2.53 bits per heavy atom. The average Bonchev–Trinajstić information content (AvgIpc) is 2.17. The number of anilines is 1. The lowest BCUT2D eigenvalue weighted by molar-refractivity contribution is -0.114. The fraction of sp³-hybridized carbons (Fsp3) is 0.222. The molecule has 0 atom stereocenters. The van der Waals surface area contributed by atoms with Crippen molar-refractivity contribution in [2.75, 3.05) is 12.4 Å². The van der Waals surface area contributed by atoms with Crippen LogP contribution in [0.15, 0.2) is 18.2 Å². The van der Waals surface area contributed by atoms with E-state index in [-0.39, 0.29) is 17.4 Å². The summed E-state index contributed by atoms with van der Waals surface area (Å²) in [6, 6.07) is 3.88. The third-order valence-corrected chi connectivity index (χ3v) is 2.09. The molecular formula is C9H11NO6S. The van der Waals surface area contributed by atoms with Gasteiger partial charge in [-0.15, -0.1) is 0 Å². The average molecular weight is 261 g/mol. The summed E-state index contributed by atoms with van der Waals surface area (Å²) in [5.41, 5.74) is 0.364. The number of carbonyl (C=O) groups excluding carboxylic acids is 1. The molecule has 0 fully saturated rings. The molecule has 1 aromatic rings. The second-order valence-electron chi connectivity index (χ2n) is 3.05. The molecular weight excluding hydrogens is 250 g/mol. The number of ether oxygens (including phenoxy) is 1. The van der Waals surface area contributed by atoms with E-state index in [4.69, 9.17) is 9.29 Å². The lowest BCUT2D eigenvalue weighted by Gasteiger charge is -2.10. The molecule has 7 nitrogen and oxygen atoms in total. The quantitative estimate of drug-likeness (QED) is 0.778. The number of carbonyl (C=O) groups is 1. The fourth-order valence-electron chi connectivity index (χ4n) is 1.14. The molecule has 0 saturated carbocycles. The van der Waals surface area contributed by atoms with Crippen LogP contribution in [0.5, 0.6) is 11.5 Å². The Kier molecular flexibility index (Phi) is 3.92. The minimum absolute atomic E-state index is 0.126. The summed E-state index contributed by atoms with van der Waals surface area (Å²) in [4.78, 5) is 10.9. The van der Waals surface area contributed by atoms with E-state index in [0.29, 0.717) is 5.69 Å². The Labute approximate surface area is 98.3 Å². The van der Waals surface area contributed by atoms with E-state index in [9.17, 15) is 13.2 Å². The third-order valence-electron chi connectivity index (χ3n) is 1.69. The Hall–Kier alpha value is -1.80. The van der Waals surface area contributed by atoms with E-state index in [1.807, 2.05) is 0 Å². The summed E-state index contributed by atoms with van der Waals surface area (Å²) in [5.74, 6) is -0.216. The van der Waals surface area contributed by atoms with Crippen molar-refractivity contribution >= 4 is 22.0 Å². The van der Waals surface area contributed by atoms with Crippen molar-refractivity contribution in [1.29, 1.82) is 0 Å². The number of nitrogens with one attached hydrogen (secondary N) is 1. The number of rotatable bonds is 4. The van der Waals surface area contributed by atoms with Gasteiger partial charge in [-0.2, -0.15) is 8.42 Å². The summed E-state index contributed by atoms with van der Waals surface area (Å²) in [7, 11) is -3.24. The number of hydrogen-bond acceptors (Lipinski definition) is 5. The first-order valence-corrected chi connectivity index (χ1v) is 5.81. The maximum atomic E-state index is 10.9. The van der Waals surface area contributed by atoms with Crippen LogP contribution in [-0.2, 0) is 15.2 Å². The number of benzene rings is 1. The van der Waals surface area contributed by atoms with Crippen LogP contribution in [0.1, 0.15) is 6.92 Å². The van der Waals surface area contributed by atoms with E-state index >= 15 is 0 Å². The Bertz CT molecular complexity index is 524. The van der Waals surface area contributed by atoms with Crippen LogP contribution < -0.4 is 14.2 Å². The van der Waals surface area contributed by atoms with Crippen LogP contribution in [0.3, 0.4) is 0 Å². The van der Waals surface area contributed by atoms with Gasteiger partial charge in [0.2, 0.25) is 5.91 Å². The predicted molar refractivity (Wildman–Crippen MR) is 59.5 cm³/mol. The monoisotopic (exact) mass is 261 g/mol. The van der Waals surface area contributed by atoms with Gasteiger partial charge in [0.1, 0.15) is 11.5 Å².